The Bertz CT molecular complexity index is 2960. The molecule has 5 heterocycles. The Labute approximate surface area is 409 Å². The van der Waals surface area contributed by atoms with Crippen molar-refractivity contribution in [3.63, 3.8) is 0 Å². The lowest BCUT2D eigenvalue weighted by Crippen LogP contribution is -2.42. The summed E-state index contributed by atoms with van der Waals surface area (Å²) >= 11 is 23.6. The van der Waals surface area contributed by atoms with Gasteiger partial charge in [0.1, 0.15) is 0 Å². The number of alkyl halides is 6. The number of carbonyl (C=O) groups is 3. The minimum atomic E-state index is -4.81. The number of rotatable bonds is 9. The Kier molecular flexibility index (Phi) is 15.2. The van der Waals surface area contributed by atoms with Gasteiger partial charge in [-0.15, -0.1) is 0 Å². The Balaban J connectivity index is 0.000000197. The maximum absolute atomic E-state index is 14.2. The Morgan fingerprint density at radius 2 is 1.19 bits per heavy atom. The molecule has 3 aliphatic rings. The summed E-state index contributed by atoms with van der Waals surface area (Å²) in [5, 5.41) is 10.5. The predicted molar refractivity (Wildman–Crippen MR) is 246 cm³/mol. The van der Waals surface area contributed by atoms with Gasteiger partial charge in [0, 0.05) is 74.2 Å². The average Bonchev–Trinajstić information content (AvgIpc) is 3.99. The highest BCUT2D eigenvalue weighted by Crippen LogP contribution is 2.50. The zero-order valence-electron chi connectivity index (χ0n) is 35.3. The van der Waals surface area contributed by atoms with E-state index in [1.165, 1.54) is 42.5 Å². The summed E-state index contributed by atoms with van der Waals surface area (Å²) in [6.07, 6.45) is -6.35. The minimum Gasteiger partial charge on any atom is -0.374 e. The standard InChI is InChI=1S/C24H16Cl2F3N3O2.C24H15Cl2F3N2O2.H3NO/c25-17-8-16(9-18(26)10-17)23(24(27,28)29)11-21(31-34-23)14-4-5-20-15(7-14)12-32(22(20)33)13-19-3-1-2-6-30-19;25-17-8-15(9-18(26)10-17)21(24(27,28)29)11-22(32)14-4-5-20-16(7-14)12-31(23(20)33)13-19-3-1-2-6-30-19;1-2/h1-10H,11-13H2;1-11H,12-13H2;2H,1H2/b;21-11-;. The summed E-state index contributed by atoms with van der Waals surface area (Å²) in [5.41, 5.74) is -0.186. The fraction of sp³-hybridized carbons (Fsp3) is 0.167. The molecule has 0 saturated heterocycles. The highest BCUT2D eigenvalue weighted by atomic mass is 35.5. The second-order valence-electron chi connectivity index (χ2n) is 15.6. The number of allylic oxidation sites excluding steroid dienone is 2. The van der Waals surface area contributed by atoms with Crippen molar-refractivity contribution in [2.75, 3.05) is 0 Å². The van der Waals surface area contributed by atoms with Crippen molar-refractivity contribution >= 4 is 75.3 Å². The quantitative estimate of drug-likeness (QED) is 0.0629. The average molecular weight is 1030 g/mol. The van der Waals surface area contributed by atoms with Crippen molar-refractivity contribution in [2.24, 2.45) is 11.1 Å². The van der Waals surface area contributed by atoms with Crippen LogP contribution in [0.1, 0.15) is 76.7 Å². The molecule has 1 unspecified atom stereocenters. The molecule has 21 heteroatoms. The van der Waals surface area contributed by atoms with Crippen LogP contribution in [0.25, 0.3) is 5.57 Å². The molecular formula is C48H34Cl4F6N6O5. The van der Waals surface area contributed by atoms with Gasteiger partial charge in [0.15, 0.2) is 5.78 Å². The van der Waals surface area contributed by atoms with Gasteiger partial charge in [0.2, 0.25) is 0 Å². The molecule has 0 bridgehead atoms. The maximum Gasteiger partial charge on any atom is 0.435 e. The van der Waals surface area contributed by atoms with Gasteiger partial charge in [0.05, 0.1) is 35.8 Å². The lowest BCUT2D eigenvalue weighted by atomic mass is 9.86. The van der Waals surface area contributed by atoms with Gasteiger partial charge in [-0.05, 0) is 113 Å². The Morgan fingerprint density at radius 1 is 0.681 bits per heavy atom. The molecule has 3 N–H and O–H groups in total. The number of benzene rings is 4. The SMILES string of the molecule is NO.O=C(/C=C(/c1cc(Cl)cc(Cl)c1)C(F)(F)F)c1ccc2c(c1)CN(Cc1ccccn1)C2=O.O=C1c2ccc(C3=NOC(c4cc(Cl)cc(Cl)c4)(C(F)(F)F)C3)cc2CN1Cc1ccccn1. The van der Waals surface area contributed by atoms with Gasteiger partial charge < -0.3 is 19.8 Å². The van der Waals surface area contributed by atoms with E-state index in [4.69, 9.17) is 56.4 Å². The van der Waals surface area contributed by atoms with Crippen molar-refractivity contribution in [3.8, 4) is 0 Å². The summed E-state index contributed by atoms with van der Waals surface area (Å²) < 4.78 is 83.9. The van der Waals surface area contributed by atoms with Crippen LogP contribution in [0.15, 0.2) is 133 Å². The number of oxime groups is 1. The van der Waals surface area contributed by atoms with E-state index in [9.17, 15) is 40.7 Å². The van der Waals surface area contributed by atoms with E-state index in [1.54, 1.807) is 58.6 Å². The van der Waals surface area contributed by atoms with E-state index < -0.39 is 35.7 Å². The predicted octanol–water partition coefficient (Wildman–Crippen LogP) is 11.8. The van der Waals surface area contributed by atoms with Gasteiger partial charge in [-0.3, -0.25) is 24.4 Å². The zero-order valence-corrected chi connectivity index (χ0v) is 38.4. The number of nitrogens with two attached hydrogens (primary N) is 1. The van der Waals surface area contributed by atoms with Crippen LogP contribution < -0.4 is 5.90 Å². The van der Waals surface area contributed by atoms with Gasteiger partial charge >= 0.3 is 12.4 Å². The molecule has 69 heavy (non-hydrogen) atoms. The summed E-state index contributed by atoms with van der Waals surface area (Å²) in [5.74, 6) is 2.27. The third kappa shape index (κ3) is 11.3. The fourth-order valence-corrected chi connectivity index (χ4v) is 8.87. The molecule has 0 saturated carbocycles. The molecule has 0 aliphatic carbocycles. The number of nitrogens with zero attached hydrogens (tertiary/aromatic N) is 5. The second-order valence-corrected chi connectivity index (χ2v) is 17.3. The van der Waals surface area contributed by atoms with Gasteiger partial charge in [-0.25, -0.2) is 5.90 Å². The number of hydrogen-bond donors (Lipinski definition) is 2. The first-order chi connectivity index (χ1) is 32.8. The number of ketones is 1. The number of hydrogen-bond acceptors (Lipinski definition) is 9. The van der Waals surface area contributed by atoms with Crippen molar-refractivity contribution in [1.82, 2.24) is 19.8 Å². The van der Waals surface area contributed by atoms with Crippen LogP contribution in [0.2, 0.25) is 20.1 Å². The van der Waals surface area contributed by atoms with E-state index in [0.717, 1.165) is 17.8 Å². The molecule has 356 valence electrons. The highest BCUT2D eigenvalue weighted by Gasteiger charge is 2.62. The van der Waals surface area contributed by atoms with E-state index >= 15 is 0 Å². The molecule has 0 fully saturated rings. The molecule has 1 atom stereocenters. The van der Waals surface area contributed by atoms with Crippen molar-refractivity contribution < 1.29 is 50.8 Å². The molecule has 4 aromatic carbocycles. The molecule has 3 aliphatic heterocycles. The summed E-state index contributed by atoms with van der Waals surface area (Å²) in [7, 11) is 0. The van der Waals surface area contributed by atoms with Crippen molar-refractivity contribution in [3.05, 3.63) is 204 Å². The van der Waals surface area contributed by atoms with Crippen LogP contribution in [-0.2, 0) is 36.6 Å². The zero-order chi connectivity index (χ0) is 49.8. The maximum atomic E-state index is 14.2. The van der Waals surface area contributed by atoms with Crippen LogP contribution in [0.3, 0.4) is 0 Å². The third-order valence-corrected chi connectivity index (χ3v) is 11.9. The highest BCUT2D eigenvalue weighted by molar-refractivity contribution is 6.35. The first kappa shape index (κ1) is 50.5. The largest absolute Gasteiger partial charge is 0.435 e. The third-order valence-electron chi connectivity index (χ3n) is 11.0. The number of fused-ring (bicyclic) bond motifs is 2. The van der Waals surface area contributed by atoms with E-state index in [2.05, 4.69) is 21.0 Å². The molecule has 2 aromatic heterocycles. The molecular weight excluding hydrogens is 996 g/mol. The van der Waals surface area contributed by atoms with Crippen molar-refractivity contribution in [1.29, 1.82) is 0 Å². The summed E-state index contributed by atoms with van der Waals surface area (Å²) in [4.78, 5) is 54.9. The molecule has 0 radical (unpaired) electrons. The number of carbonyl (C=O) groups excluding carboxylic acids is 3. The van der Waals surface area contributed by atoms with Crippen LogP contribution in [0.5, 0.6) is 0 Å². The lowest BCUT2D eigenvalue weighted by molar-refractivity contribution is -0.275. The first-order valence-corrected chi connectivity index (χ1v) is 21.8. The minimum absolute atomic E-state index is 0.0177. The van der Waals surface area contributed by atoms with Crippen LogP contribution in [0.4, 0.5) is 26.3 Å². The van der Waals surface area contributed by atoms with Crippen LogP contribution in [-0.4, -0.2) is 60.6 Å². The normalized spacial score (nSPS) is 16.5. The number of pyridine rings is 2. The smallest absolute Gasteiger partial charge is 0.374 e. The Hall–Kier alpha value is -6.34. The lowest BCUT2D eigenvalue weighted by Gasteiger charge is -2.29. The molecule has 6 aromatic rings. The fourth-order valence-electron chi connectivity index (χ4n) is 7.82. The Morgan fingerprint density at radius 3 is 1.68 bits per heavy atom. The topological polar surface area (TPSA) is 151 Å². The molecule has 9 rings (SSSR count). The number of halogens is 10. The van der Waals surface area contributed by atoms with E-state index in [0.29, 0.717) is 52.7 Å². The summed E-state index contributed by atoms with van der Waals surface area (Å²) in [6, 6.07) is 27.1. The van der Waals surface area contributed by atoms with Crippen LogP contribution in [0, 0.1) is 0 Å². The van der Waals surface area contributed by atoms with E-state index in [-0.39, 0.29) is 67.4 Å². The summed E-state index contributed by atoms with van der Waals surface area (Å²) in [6.45, 7) is 1.17. The van der Waals surface area contributed by atoms with Crippen LogP contribution >= 0.6 is 46.4 Å². The van der Waals surface area contributed by atoms with Crippen molar-refractivity contribution in [2.45, 2.75) is 50.6 Å². The van der Waals surface area contributed by atoms with Gasteiger partial charge in [-0.1, -0.05) is 75.8 Å². The van der Waals surface area contributed by atoms with Gasteiger partial charge in [-0.2, -0.15) is 26.3 Å². The molecule has 0 spiro atoms. The molecule has 2 amide bonds. The van der Waals surface area contributed by atoms with E-state index in [1.807, 2.05) is 18.2 Å². The number of aromatic nitrogens is 2. The number of amides is 2. The molecule has 11 nitrogen and oxygen atoms in total. The second kappa shape index (κ2) is 20.7. The monoisotopic (exact) mass is 1030 g/mol. The first-order valence-electron chi connectivity index (χ1n) is 20.3. The van der Waals surface area contributed by atoms with Gasteiger partial charge in [0.25, 0.3) is 17.4 Å².